The van der Waals surface area contributed by atoms with E-state index in [1.165, 1.54) is 5.56 Å². The van der Waals surface area contributed by atoms with Gasteiger partial charge in [-0.2, -0.15) is 0 Å². The van der Waals surface area contributed by atoms with Crippen LogP contribution in [0.25, 0.3) is 5.95 Å². The van der Waals surface area contributed by atoms with E-state index in [-0.39, 0.29) is 12.1 Å². The summed E-state index contributed by atoms with van der Waals surface area (Å²) >= 11 is 0. The van der Waals surface area contributed by atoms with Gasteiger partial charge in [0, 0.05) is 49.7 Å². The quantitative estimate of drug-likeness (QED) is 0.449. The van der Waals surface area contributed by atoms with Crippen molar-refractivity contribution in [2.45, 2.75) is 38.8 Å². The lowest BCUT2D eigenvalue weighted by atomic mass is 10.0. The number of aromatic nitrogens is 4. The molecule has 0 aliphatic carbocycles. The van der Waals surface area contributed by atoms with Crippen LogP contribution in [0.4, 0.5) is 0 Å². The van der Waals surface area contributed by atoms with Crippen LogP contribution in [0.5, 0.6) is 0 Å². The Labute approximate surface area is 188 Å². The minimum Gasteiger partial charge on any atom is -0.462 e. The highest BCUT2D eigenvalue weighted by molar-refractivity contribution is 5.21. The third-order valence-corrected chi connectivity index (χ3v) is 5.35. The van der Waals surface area contributed by atoms with Crippen molar-refractivity contribution in [1.82, 2.24) is 30.2 Å². The molecule has 3 heterocycles. The molecule has 0 fully saturated rings. The molecule has 2 aromatic heterocycles. The van der Waals surface area contributed by atoms with Gasteiger partial charge in [0.15, 0.2) is 0 Å². The average molecular weight is 435 g/mol. The Bertz CT molecular complexity index is 1010. The van der Waals surface area contributed by atoms with Crippen LogP contribution in [0.2, 0.25) is 0 Å². The van der Waals surface area contributed by atoms with Gasteiger partial charge in [-0.1, -0.05) is 30.3 Å². The number of ether oxygens (including phenoxy) is 2. The molecule has 1 aliphatic rings. The third-order valence-electron chi connectivity index (χ3n) is 5.35. The first-order valence-electron chi connectivity index (χ1n) is 11.0. The maximum atomic E-state index is 5.54. The zero-order valence-corrected chi connectivity index (χ0v) is 18.6. The second-order valence-electron chi connectivity index (χ2n) is 7.94. The largest absolute Gasteiger partial charge is 0.462 e. The molecule has 2 unspecified atom stereocenters. The summed E-state index contributed by atoms with van der Waals surface area (Å²) in [6.45, 7) is 6.06. The highest BCUT2D eigenvalue weighted by Gasteiger charge is 2.16. The lowest BCUT2D eigenvalue weighted by molar-refractivity contribution is 0.0764. The van der Waals surface area contributed by atoms with E-state index in [4.69, 9.17) is 14.5 Å². The molecule has 2 atom stereocenters. The van der Waals surface area contributed by atoms with Crippen molar-refractivity contribution >= 4 is 0 Å². The lowest BCUT2D eigenvalue weighted by Gasteiger charge is -2.20. The van der Waals surface area contributed by atoms with Crippen molar-refractivity contribution in [2.24, 2.45) is 0 Å². The van der Waals surface area contributed by atoms with Gasteiger partial charge in [0.2, 0.25) is 12.7 Å². The van der Waals surface area contributed by atoms with Gasteiger partial charge in [0.1, 0.15) is 18.3 Å². The van der Waals surface area contributed by atoms with Gasteiger partial charge in [-0.15, -0.1) is 0 Å². The number of hydrogen-bond donors (Lipinski definition) is 2. The molecule has 2 N–H and O–H groups in total. The fourth-order valence-corrected chi connectivity index (χ4v) is 3.70. The maximum absolute atomic E-state index is 5.54. The first-order valence-corrected chi connectivity index (χ1v) is 11.0. The minimum atomic E-state index is 0.0996. The molecule has 0 saturated carbocycles. The molecule has 168 valence electrons. The number of imidazole rings is 1. The zero-order valence-electron chi connectivity index (χ0n) is 18.6. The van der Waals surface area contributed by atoms with Crippen LogP contribution >= 0.6 is 0 Å². The summed E-state index contributed by atoms with van der Waals surface area (Å²) in [5.41, 5.74) is 3.19. The maximum Gasteiger partial charge on any atom is 0.235 e. The summed E-state index contributed by atoms with van der Waals surface area (Å²) in [5, 5.41) is 7.23. The van der Waals surface area contributed by atoms with E-state index >= 15 is 0 Å². The fourth-order valence-electron chi connectivity index (χ4n) is 3.70. The lowest BCUT2D eigenvalue weighted by Crippen LogP contribution is -2.37. The van der Waals surface area contributed by atoms with E-state index < -0.39 is 0 Å². The summed E-state index contributed by atoms with van der Waals surface area (Å²) in [7, 11) is 0. The Morgan fingerprint density at radius 2 is 1.94 bits per heavy atom. The van der Waals surface area contributed by atoms with Crippen molar-refractivity contribution in [3.8, 4) is 5.95 Å². The van der Waals surface area contributed by atoms with Crippen molar-refractivity contribution < 1.29 is 9.47 Å². The molecule has 0 saturated heterocycles. The Morgan fingerprint density at radius 1 is 1.09 bits per heavy atom. The molecule has 3 aromatic rings. The van der Waals surface area contributed by atoms with Gasteiger partial charge in [0.25, 0.3) is 0 Å². The van der Waals surface area contributed by atoms with E-state index in [2.05, 4.69) is 51.8 Å². The molecular formula is C24H30N6O2. The highest BCUT2D eigenvalue weighted by Crippen LogP contribution is 2.16. The van der Waals surface area contributed by atoms with Gasteiger partial charge in [-0.3, -0.25) is 4.57 Å². The topological polar surface area (TPSA) is 86.1 Å². The smallest absolute Gasteiger partial charge is 0.235 e. The Balaban J connectivity index is 1.31. The number of benzene rings is 1. The molecule has 0 spiro atoms. The van der Waals surface area contributed by atoms with Crippen LogP contribution in [0.15, 0.2) is 67.1 Å². The van der Waals surface area contributed by atoms with Crippen LogP contribution in [-0.2, 0) is 15.9 Å². The first-order chi connectivity index (χ1) is 15.7. The molecule has 0 bridgehead atoms. The number of nitrogens with zero attached hydrogens (tertiary/aromatic N) is 4. The van der Waals surface area contributed by atoms with Crippen molar-refractivity contribution in [2.75, 3.05) is 19.9 Å². The summed E-state index contributed by atoms with van der Waals surface area (Å²) in [4.78, 5) is 13.3. The normalized spacial score (nSPS) is 15.0. The van der Waals surface area contributed by atoms with Crippen molar-refractivity contribution in [3.63, 3.8) is 0 Å². The molecule has 0 amide bonds. The number of hydrogen-bond acceptors (Lipinski definition) is 7. The van der Waals surface area contributed by atoms with Crippen LogP contribution in [0, 0.1) is 6.92 Å². The zero-order chi connectivity index (χ0) is 22.2. The van der Waals surface area contributed by atoms with Crippen molar-refractivity contribution in [3.05, 3.63) is 84.1 Å². The van der Waals surface area contributed by atoms with Crippen LogP contribution in [-0.4, -0.2) is 45.4 Å². The number of nitrogens with one attached hydrogen (secondary N) is 2. The van der Waals surface area contributed by atoms with E-state index in [1.54, 1.807) is 18.8 Å². The molecule has 0 radical (unpaired) electrons. The van der Waals surface area contributed by atoms with Gasteiger partial charge >= 0.3 is 0 Å². The number of aryl methyl sites for hydroxylation is 1. The molecule has 1 aliphatic heterocycles. The number of rotatable bonds is 11. The molecule has 8 nitrogen and oxygen atoms in total. The first kappa shape index (κ1) is 22.0. The standard InChI is InChI=1S/C24H30N6O2/c1-18-12-23(29-24(28-18)30-11-10-25-16-30)19(2)26-8-9-27-21(14-22-15-31-17-32-22)13-20-6-4-3-5-7-20/h3-7,10-12,15-16,19,21,26-27H,8-9,13-14,17H2,1-2H3. The average Bonchev–Trinajstić information content (AvgIpc) is 3.51. The molecular weight excluding hydrogens is 404 g/mol. The van der Waals surface area contributed by atoms with Crippen LogP contribution in [0.3, 0.4) is 0 Å². The second-order valence-corrected chi connectivity index (χ2v) is 7.94. The van der Waals surface area contributed by atoms with E-state index in [1.807, 2.05) is 29.8 Å². The molecule has 32 heavy (non-hydrogen) atoms. The van der Waals surface area contributed by atoms with Gasteiger partial charge in [-0.25, -0.2) is 15.0 Å². The summed E-state index contributed by atoms with van der Waals surface area (Å²) in [5.74, 6) is 1.53. The summed E-state index contributed by atoms with van der Waals surface area (Å²) in [6, 6.07) is 12.9. The predicted molar refractivity (Wildman–Crippen MR) is 122 cm³/mol. The molecule has 8 heteroatoms. The van der Waals surface area contributed by atoms with Crippen molar-refractivity contribution in [1.29, 1.82) is 0 Å². The van der Waals surface area contributed by atoms with E-state index in [0.717, 1.165) is 43.1 Å². The Hall–Kier alpha value is -3.23. The Kier molecular flexibility index (Phi) is 7.47. The minimum absolute atomic E-state index is 0.0996. The van der Waals surface area contributed by atoms with Gasteiger partial charge < -0.3 is 20.1 Å². The predicted octanol–water partition coefficient (Wildman–Crippen LogP) is 3.06. The van der Waals surface area contributed by atoms with Gasteiger partial charge in [0.05, 0.1) is 5.69 Å². The third kappa shape index (κ3) is 6.15. The fraction of sp³-hybridized carbons (Fsp3) is 0.375. The molecule has 1 aromatic carbocycles. The molecule has 4 rings (SSSR count). The van der Waals surface area contributed by atoms with E-state index in [0.29, 0.717) is 12.7 Å². The second kappa shape index (κ2) is 10.9. The van der Waals surface area contributed by atoms with Crippen LogP contribution < -0.4 is 10.6 Å². The Morgan fingerprint density at radius 3 is 2.69 bits per heavy atom. The summed E-state index contributed by atoms with van der Waals surface area (Å²) < 4.78 is 12.6. The summed E-state index contributed by atoms with van der Waals surface area (Å²) in [6.07, 6.45) is 8.73. The monoisotopic (exact) mass is 434 g/mol. The van der Waals surface area contributed by atoms with Gasteiger partial charge in [-0.05, 0) is 31.9 Å². The SMILES string of the molecule is Cc1cc(C(C)NCCNC(CC2=COCO2)Cc2ccccc2)nc(-n2ccnc2)n1. The van der Waals surface area contributed by atoms with E-state index in [9.17, 15) is 0 Å². The van der Waals surface area contributed by atoms with Crippen LogP contribution in [0.1, 0.15) is 36.3 Å². The highest BCUT2D eigenvalue weighted by atomic mass is 16.7.